The number of nitrogens with one attached hydrogen (secondary N) is 3. The number of amides is 2. The first-order valence-corrected chi connectivity index (χ1v) is 6.89. The lowest BCUT2D eigenvalue weighted by atomic mass is 10.0. The third kappa shape index (κ3) is 3.00. The van der Waals surface area contributed by atoms with E-state index in [0.717, 1.165) is 16.8 Å². The predicted molar refractivity (Wildman–Crippen MR) is 77.0 cm³/mol. The fourth-order valence-electron chi connectivity index (χ4n) is 2.42. The molecule has 1 atom stereocenters. The van der Waals surface area contributed by atoms with Gasteiger partial charge in [0, 0.05) is 18.5 Å². The quantitative estimate of drug-likeness (QED) is 0.730. The van der Waals surface area contributed by atoms with Gasteiger partial charge in [0.15, 0.2) is 0 Å². The Labute approximate surface area is 121 Å². The third-order valence-electron chi connectivity index (χ3n) is 3.56. The van der Waals surface area contributed by atoms with Crippen LogP contribution in [-0.2, 0) is 16.1 Å². The molecular weight excluding hydrogens is 268 g/mol. The van der Waals surface area contributed by atoms with Gasteiger partial charge in [0.05, 0.1) is 17.9 Å². The number of aromatic nitrogens is 2. The number of benzene rings is 1. The van der Waals surface area contributed by atoms with Gasteiger partial charge in [-0.1, -0.05) is 30.3 Å². The molecule has 3 N–H and O–H groups in total. The lowest BCUT2D eigenvalue weighted by Crippen LogP contribution is -2.50. The fourth-order valence-corrected chi connectivity index (χ4v) is 2.42. The zero-order chi connectivity index (χ0) is 14.7. The third-order valence-corrected chi connectivity index (χ3v) is 3.56. The summed E-state index contributed by atoms with van der Waals surface area (Å²) in [5.74, 6) is -0.456. The van der Waals surface area contributed by atoms with Crippen LogP contribution < -0.4 is 10.6 Å². The van der Waals surface area contributed by atoms with Gasteiger partial charge in [-0.2, -0.15) is 5.10 Å². The molecule has 0 spiro atoms. The molecule has 2 aromatic rings. The SMILES string of the molecule is O=C1CCC(NCc2cn[nH]c2-c2ccccc2)C(=O)N1. The van der Waals surface area contributed by atoms with Crippen LogP contribution in [0.5, 0.6) is 0 Å². The molecular formula is C15H16N4O2. The first-order valence-electron chi connectivity index (χ1n) is 6.89. The highest BCUT2D eigenvalue weighted by Crippen LogP contribution is 2.20. The van der Waals surface area contributed by atoms with Gasteiger partial charge >= 0.3 is 0 Å². The van der Waals surface area contributed by atoms with Crippen molar-refractivity contribution in [1.29, 1.82) is 0 Å². The number of carbonyl (C=O) groups is 2. The lowest BCUT2D eigenvalue weighted by Gasteiger charge is -2.21. The van der Waals surface area contributed by atoms with Crippen molar-refractivity contribution in [2.24, 2.45) is 0 Å². The number of hydrogen-bond acceptors (Lipinski definition) is 4. The maximum atomic E-state index is 11.7. The van der Waals surface area contributed by atoms with Crippen LogP contribution in [0.25, 0.3) is 11.3 Å². The topological polar surface area (TPSA) is 86.9 Å². The number of rotatable bonds is 4. The Morgan fingerprint density at radius 1 is 1.24 bits per heavy atom. The molecule has 1 aromatic heterocycles. The van der Waals surface area contributed by atoms with Crippen LogP contribution in [0.3, 0.4) is 0 Å². The summed E-state index contributed by atoms with van der Waals surface area (Å²) in [5, 5.41) is 12.6. The van der Waals surface area contributed by atoms with Gasteiger partial charge in [-0.25, -0.2) is 0 Å². The summed E-state index contributed by atoms with van der Waals surface area (Å²) in [4.78, 5) is 22.8. The van der Waals surface area contributed by atoms with Gasteiger partial charge in [-0.05, 0) is 12.0 Å². The highest BCUT2D eigenvalue weighted by Gasteiger charge is 2.26. The Bertz CT molecular complexity index is 651. The van der Waals surface area contributed by atoms with Gasteiger partial charge in [0.25, 0.3) is 0 Å². The molecule has 21 heavy (non-hydrogen) atoms. The van der Waals surface area contributed by atoms with Gasteiger partial charge in [-0.3, -0.25) is 20.0 Å². The molecule has 6 heteroatoms. The van der Waals surface area contributed by atoms with E-state index in [2.05, 4.69) is 20.8 Å². The van der Waals surface area contributed by atoms with Crippen LogP contribution in [-0.4, -0.2) is 28.1 Å². The molecule has 6 nitrogen and oxygen atoms in total. The minimum Gasteiger partial charge on any atom is -0.302 e. The molecule has 2 amide bonds. The number of carbonyl (C=O) groups excluding carboxylic acids is 2. The number of nitrogens with zero attached hydrogens (tertiary/aromatic N) is 1. The van der Waals surface area contributed by atoms with Crippen LogP contribution in [0, 0.1) is 0 Å². The largest absolute Gasteiger partial charge is 0.302 e. The Balaban J connectivity index is 1.68. The molecule has 0 radical (unpaired) electrons. The number of piperidine rings is 1. The van der Waals surface area contributed by atoms with E-state index in [9.17, 15) is 9.59 Å². The summed E-state index contributed by atoms with van der Waals surface area (Å²) < 4.78 is 0. The Kier molecular flexibility index (Phi) is 3.79. The average Bonchev–Trinajstić information content (AvgIpc) is 2.96. The maximum Gasteiger partial charge on any atom is 0.243 e. The maximum absolute atomic E-state index is 11.7. The molecule has 108 valence electrons. The van der Waals surface area contributed by atoms with Crippen molar-refractivity contribution in [2.45, 2.75) is 25.4 Å². The fraction of sp³-hybridized carbons (Fsp3) is 0.267. The van der Waals surface area contributed by atoms with Gasteiger partial charge in [-0.15, -0.1) is 0 Å². The zero-order valence-electron chi connectivity index (χ0n) is 11.4. The second-order valence-electron chi connectivity index (χ2n) is 5.02. The van der Waals surface area contributed by atoms with E-state index in [4.69, 9.17) is 0 Å². The number of hydrogen-bond donors (Lipinski definition) is 3. The van der Waals surface area contributed by atoms with E-state index in [0.29, 0.717) is 19.4 Å². The van der Waals surface area contributed by atoms with Crippen LogP contribution in [0.15, 0.2) is 36.5 Å². The van der Waals surface area contributed by atoms with Gasteiger partial charge in [0.2, 0.25) is 11.8 Å². The molecule has 1 aliphatic rings. The van der Waals surface area contributed by atoms with Crippen molar-refractivity contribution in [3.8, 4) is 11.3 Å². The number of imide groups is 1. The normalized spacial score (nSPS) is 18.6. The van der Waals surface area contributed by atoms with Gasteiger partial charge in [0.1, 0.15) is 0 Å². The van der Waals surface area contributed by atoms with E-state index in [1.165, 1.54) is 0 Å². The summed E-state index contributed by atoms with van der Waals surface area (Å²) in [6, 6.07) is 9.56. The molecule has 2 heterocycles. The Morgan fingerprint density at radius 3 is 2.81 bits per heavy atom. The second kappa shape index (κ2) is 5.88. The summed E-state index contributed by atoms with van der Waals surface area (Å²) in [6.45, 7) is 0.521. The smallest absolute Gasteiger partial charge is 0.243 e. The number of aromatic amines is 1. The van der Waals surface area contributed by atoms with E-state index in [1.807, 2.05) is 30.3 Å². The summed E-state index contributed by atoms with van der Waals surface area (Å²) in [7, 11) is 0. The summed E-state index contributed by atoms with van der Waals surface area (Å²) in [5.41, 5.74) is 2.98. The van der Waals surface area contributed by atoms with E-state index in [-0.39, 0.29) is 17.9 Å². The molecule has 1 saturated heterocycles. The standard InChI is InChI=1S/C15H16N4O2/c20-13-7-6-12(15(21)18-13)16-8-11-9-17-19-14(11)10-4-2-1-3-5-10/h1-5,9,12,16H,6-8H2,(H,17,19)(H,18,20,21). The lowest BCUT2D eigenvalue weighted by molar-refractivity contribution is -0.134. The van der Waals surface area contributed by atoms with E-state index < -0.39 is 0 Å². The molecule has 1 aromatic carbocycles. The van der Waals surface area contributed by atoms with E-state index >= 15 is 0 Å². The monoisotopic (exact) mass is 284 g/mol. The first-order chi connectivity index (χ1) is 10.2. The highest BCUT2D eigenvalue weighted by atomic mass is 16.2. The van der Waals surface area contributed by atoms with E-state index in [1.54, 1.807) is 6.20 Å². The van der Waals surface area contributed by atoms with Crippen molar-refractivity contribution >= 4 is 11.8 Å². The van der Waals surface area contributed by atoms with Crippen molar-refractivity contribution in [3.05, 3.63) is 42.1 Å². The molecule has 1 aliphatic heterocycles. The van der Waals surface area contributed by atoms with Crippen molar-refractivity contribution in [2.75, 3.05) is 0 Å². The Morgan fingerprint density at radius 2 is 2.05 bits per heavy atom. The molecule has 3 rings (SSSR count). The molecule has 0 aliphatic carbocycles. The Hall–Kier alpha value is -2.47. The van der Waals surface area contributed by atoms with Gasteiger partial charge < -0.3 is 5.32 Å². The van der Waals surface area contributed by atoms with Crippen LogP contribution in [0.4, 0.5) is 0 Å². The molecule has 0 saturated carbocycles. The number of H-pyrrole nitrogens is 1. The van der Waals surface area contributed by atoms with Crippen molar-refractivity contribution in [3.63, 3.8) is 0 Å². The summed E-state index contributed by atoms with van der Waals surface area (Å²) in [6.07, 6.45) is 2.66. The van der Waals surface area contributed by atoms with Crippen molar-refractivity contribution < 1.29 is 9.59 Å². The molecule has 1 unspecified atom stereocenters. The van der Waals surface area contributed by atoms with Crippen LogP contribution in [0.1, 0.15) is 18.4 Å². The minimum atomic E-state index is -0.332. The summed E-state index contributed by atoms with van der Waals surface area (Å²) >= 11 is 0. The van der Waals surface area contributed by atoms with Crippen molar-refractivity contribution in [1.82, 2.24) is 20.8 Å². The highest BCUT2D eigenvalue weighted by molar-refractivity contribution is 6.00. The second-order valence-corrected chi connectivity index (χ2v) is 5.02. The molecule has 0 bridgehead atoms. The first kappa shape index (κ1) is 13.5. The minimum absolute atomic E-state index is 0.202. The predicted octanol–water partition coefficient (Wildman–Crippen LogP) is 0.971. The zero-order valence-corrected chi connectivity index (χ0v) is 11.4. The average molecular weight is 284 g/mol. The molecule has 1 fully saturated rings. The van der Waals surface area contributed by atoms with Crippen LogP contribution >= 0.6 is 0 Å². The van der Waals surface area contributed by atoms with Crippen LogP contribution in [0.2, 0.25) is 0 Å².